The van der Waals surface area contributed by atoms with Gasteiger partial charge < -0.3 is 19.7 Å². The molecule has 6 heteroatoms. The molecule has 0 bridgehead atoms. The van der Waals surface area contributed by atoms with Gasteiger partial charge in [0, 0.05) is 13.6 Å². The minimum Gasteiger partial charge on any atom is -0.493 e. The molecular weight excluding hydrogens is 327 g/mol. The Morgan fingerprint density at radius 1 is 1.21 bits per heavy atom. The van der Waals surface area contributed by atoms with Crippen LogP contribution in [0.3, 0.4) is 0 Å². The van der Waals surface area contributed by atoms with Crippen molar-refractivity contribution >= 4 is 23.0 Å². The maximum Gasteiger partial charge on any atom is 0.173 e. The van der Waals surface area contributed by atoms with Crippen LogP contribution in [0, 0.1) is 5.82 Å². The van der Waals surface area contributed by atoms with Crippen LogP contribution in [0.15, 0.2) is 42.5 Å². The molecule has 2 aromatic carbocycles. The van der Waals surface area contributed by atoms with Gasteiger partial charge in [-0.3, -0.25) is 0 Å². The second-order valence-corrected chi connectivity index (χ2v) is 5.57. The van der Waals surface area contributed by atoms with Gasteiger partial charge in [-0.2, -0.15) is 0 Å². The monoisotopic (exact) mass is 348 g/mol. The molecule has 0 spiro atoms. The van der Waals surface area contributed by atoms with Gasteiger partial charge in [-0.15, -0.1) is 0 Å². The largest absolute Gasteiger partial charge is 0.493 e. The molecule has 1 N–H and O–H groups in total. The number of methoxy groups -OCH3 is 1. The Hall–Kier alpha value is -2.34. The highest BCUT2D eigenvalue weighted by molar-refractivity contribution is 7.80. The van der Waals surface area contributed by atoms with E-state index in [9.17, 15) is 4.39 Å². The number of nitrogens with zero attached hydrogens (tertiary/aromatic N) is 1. The van der Waals surface area contributed by atoms with Crippen LogP contribution in [-0.4, -0.2) is 30.8 Å². The molecule has 4 nitrogen and oxygen atoms in total. The van der Waals surface area contributed by atoms with E-state index in [0.29, 0.717) is 35.5 Å². The normalized spacial score (nSPS) is 10.2. The second kappa shape index (κ2) is 8.49. The molecule has 0 saturated heterocycles. The van der Waals surface area contributed by atoms with E-state index in [1.165, 1.54) is 6.07 Å². The molecule has 0 atom stereocenters. The van der Waals surface area contributed by atoms with Crippen molar-refractivity contribution < 1.29 is 13.9 Å². The predicted molar refractivity (Wildman–Crippen MR) is 98.3 cm³/mol. The molecule has 0 aromatic heterocycles. The third-order valence-electron chi connectivity index (χ3n) is 3.41. The smallest absolute Gasteiger partial charge is 0.173 e. The van der Waals surface area contributed by atoms with Crippen molar-refractivity contribution in [1.29, 1.82) is 0 Å². The topological polar surface area (TPSA) is 33.7 Å². The van der Waals surface area contributed by atoms with E-state index in [4.69, 9.17) is 21.7 Å². The average molecular weight is 348 g/mol. The molecule has 0 fully saturated rings. The first-order valence-corrected chi connectivity index (χ1v) is 8.02. The highest BCUT2D eigenvalue weighted by Crippen LogP contribution is 2.28. The Morgan fingerprint density at radius 3 is 2.62 bits per heavy atom. The highest BCUT2D eigenvalue weighted by atomic mass is 32.1. The van der Waals surface area contributed by atoms with Crippen LogP contribution in [0.25, 0.3) is 0 Å². The van der Waals surface area contributed by atoms with Crippen molar-refractivity contribution in [3.8, 4) is 11.5 Å². The van der Waals surface area contributed by atoms with Crippen molar-refractivity contribution in [2.75, 3.05) is 26.1 Å². The van der Waals surface area contributed by atoms with E-state index >= 15 is 0 Å². The Morgan fingerprint density at radius 2 is 1.96 bits per heavy atom. The molecular formula is C18H21FN2O2S. The Bertz CT molecular complexity index is 709. The number of hydrogen-bond donors (Lipinski definition) is 1. The summed E-state index contributed by atoms with van der Waals surface area (Å²) in [7, 11) is 3.45. The van der Waals surface area contributed by atoms with Gasteiger partial charge >= 0.3 is 0 Å². The lowest BCUT2D eigenvalue weighted by Gasteiger charge is -2.22. The van der Waals surface area contributed by atoms with Crippen molar-refractivity contribution in [3.63, 3.8) is 0 Å². The molecule has 0 aliphatic carbocycles. The second-order valence-electron chi connectivity index (χ2n) is 5.18. The quantitative estimate of drug-likeness (QED) is 0.796. The zero-order chi connectivity index (χ0) is 17.5. The lowest BCUT2D eigenvalue weighted by molar-refractivity contribution is 0.310. The number of ether oxygens (including phenoxy) is 2. The molecule has 2 rings (SSSR count). The summed E-state index contributed by atoms with van der Waals surface area (Å²) in [6, 6.07) is 12.2. The van der Waals surface area contributed by atoms with Gasteiger partial charge in [0.2, 0.25) is 0 Å². The fourth-order valence-corrected chi connectivity index (χ4v) is 2.38. The first kappa shape index (κ1) is 18.0. The zero-order valence-corrected chi connectivity index (χ0v) is 14.8. The third-order valence-corrected chi connectivity index (χ3v) is 3.82. The van der Waals surface area contributed by atoms with Crippen LogP contribution < -0.4 is 14.8 Å². The summed E-state index contributed by atoms with van der Waals surface area (Å²) in [5.41, 5.74) is 1.37. The summed E-state index contributed by atoms with van der Waals surface area (Å²) in [5.74, 6) is 1.05. The molecule has 0 heterocycles. The number of thiocarbonyl (C=S) groups is 1. The standard InChI is InChI=1S/C18H21FN2O2S/c1-4-23-16-10-9-13(11-17(16)22-3)12-21(2)18(24)20-15-8-6-5-7-14(15)19/h5-11H,4,12H2,1-3H3,(H,20,24). The summed E-state index contributed by atoms with van der Waals surface area (Å²) >= 11 is 5.34. The maximum absolute atomic E-state index is 13.7. The van der Waals surface area contributed by atoms with Gasteiger partial charge in [0.05, 0.1) is 19.4 Å². The maximum atomic E-state index is 13.7. The number of nitrogens with one attached hydrogen (secondary N) is 1. The molecule has 0 aliphatic rings. The molecule has 2 aromatic rings. The van der Waals surface area contributed by atoms with Crippen molar-refractivity contribution in [1.82, 2.24) is 4.90 Å². The van der Waals surface area contributed by atoms with E-state index in [2.05, 4.69) is 5.32 Å². The lowest BCUT2D eigenvalue weighted by atomic mass is 10.2. The van der Waals surface area contributed by atoms with Crippen molar-refractivity contribution in [2.45, 2.75) is 13.5 Å². The molecule has 0 radical (unpaired) electrons. The molecule has 0 unspecified atom stereocenters. The summed E-state index contributed by atoms with van der Waals surface area (Å²) in [5, 5.41) is 3.35. The molecule has 24 heavy (non-hydrogen) atoms. The Kier molecular flexibility index (Phi) is 6.37. The Labute approximate surface area is 147 Å². The van der Waals surface area contributed by atoms with Gasteiger partial charge in [-0.05, 0) is 49.0 Å². The van der Waals surface area contributed by atoms with Gasteiger partial charge in [0.1, 0.15) is 5.82 Å². The van der Waals surface area contributed by atoms with Crippen molar-refractivity contribution in [2.24, 2.45) is 0 Å². The SMILES string of the molecule is CCOc1ccc(CN(C)C(=S)Nc2ccccc2F)cc1OC. The van der Waals surface area contributed by atoms with Crippen LogP contribution in [0.2, 0.25) is 0 Å². The fraction of sp³-hybridized carbons (Fsp3) is 0.278. The predicted octanol–water partition coefficient (Wildman–Crippen LogP) is 4.06. The minimum absolute atomic E-state index is 0.337. The van der Waals surface area contributed by atoms with E-state index in [1.54, 1.807) is 25.3 Å². The van der Waals surface area contributed by atoms with Crippen LogP contribution in [-0.2, 0) is 6.54 Å². The summed E-state index contributed by atoms with van der Waals surface area (Å²) in [6.45, 7) is 3.06. The van der Waals surface area contributed by atoms with Crippen molar-refractivity contribution in [3.05, 3.63) is 53.8 Å². The van der Waals surface area contributed by atoms with Gasteiger partial charge in [0.25, 0.3) is 0 Å². The molecule has 0 aliphatic heterocycles. The first-order chi connectivity index (χ1) is 11.5. The van der Waals surface area contributed by atoms with Crippen LogP contribution in [0.4, 0.5) is 10.1 Å². The number of hydrogen-bond acceptors (Lipinski definition) is 3. The summed E-state index contributed by atoms with van der Waals surface area (Å²) < 4.78 is 24.5. The third kappa shape index (κ3) is 4.58. The van der Waals surface area contributed by atoms with Crippen LogP contribution in [0.5, 0.6) is 11.5 Å². The number of para-hydroxylation sites is 1. The van der Waals surface area contributed by atoms with Gasteiger partial charge in [-0.1, -0.05) is 18.2 Å². The van der Waals surface area contributed by atoms with Gasteiger partial charge in [0.15, 0.2) is 16.6 Å². The van der Waals surface area contributed by atoms with Crippen LogP contribution >= 0.6 is 12.2 Å². The molecule has 0 saturated carbocycles. The summed E-state index contributed by atoms with van der Waals surface area (Å²) in [6.07, 6.45) is 0. The van der Waals surface area contributed by atoms with Crippen LogP contribution in [0.1, 0.15) is 12.5 Å². The number of halogens is 1. The first-order valence-electron chi connectivity index (χ1n) is 7.61. The highest BCUT2D eigenvalue weighted by Gasteiger charge is 2.10. The van der Waals surface area contributed by atoms with Gasteiger partial charge in [-0.25, -0.2) is 4.39 Å². The van der Waals surface area contributed by atoms with E-state index < -0.39 is 0 Å². The number of benzene rings is 2. The lowest BCUT2D eigenvalue weighted by Crippen LogP contribution is -2.30. The Balaban J connectivity index is 2.04. The van der Waals surface area contributed by atoms with E-state index in [-0.39, 0.29) is 5.82 Å². The molecule has 0 amide bonds. The zero-order valence-electron chi connectivity index (χ0n) is 14.0. The number of anilines is 1. The van der Waals surface area contributed by atoms with E-state index in [0.717, 1.165) is 5.56 Å². The summed E-state index contributed by atoms with van der Waals surface area (Å²) in [4.78, 5) is 1.83. The minimum atomic E-state index is -0.337. The average Bonchev–Trinajstić information content (AvgIpc) is 2.58. The van der Waals surface area contributed by atoms with E-state index in [1.807, 2.05) is 37.1 Å². The fourth-order valence-electron chi connectivity index (χ4n) is 2.20. The molecule has 128 valence electrons. The number of rotatable bonds is 6.